The Morgan fingerprint density at radius 1 is 1.22 bits per heavy atom. The van der Waals surface area contributed by atoms with Gasteiger partial charge >= 0.3 is 6.03 Å². The summed E-state index contributed by atoms with van der Waals surface area (Å²) in [5.74, 6) is -0.0170. The molecule has 0 saturated carbocycles. The first kappa shape index (κ1) is 15.8. The molecule has 0 spiro atoms. The molecule has 0 bridgehead atoms. The molecule has 0 radical (unpaired) electrons. The predicted molar refractivity (Wildman–Crippen MR) is 87.5 cm³/mol. The van der Waals surface area contributed by atoms with Gasteiger partial charge in [-0.25, -0.2) is 4.79 Å². The van der Waals surface area contributed by atoms with Crippen molar-refractivity contribution in [2.45, 2.75) is 25.8 Å². The number of anilines is 1. The Labute approximate surface area is 136 Å². The van der Waals surface area contributed by atoms with E-state index in [0.29, 0.717) is 39.3 Å². The number of hydrogen-bond acceptors (Lipinski definition) is 3. The van der Waals surface area contributed by atoms with E-state index < -0.39 is 6.04 Å². The molecule has 1 aromatic carbocycles. The van der Waals surface area contributed by atoms with Crippen LogP contribution in [0.2, 0.25) is 0 Å². The maximum Gasteiger partial charge on any atom is 0.322 e. The smallest absolute Gasteiger partial charge is 0.322 e. The summed E-state index contributed by atoms with van der Waals surface area (Å²) < 4.78 is 5.28. The zero-order valence-electron chi connectivity index (χ0n) is 13.5. The van der Waals surface area contributed by atoms with Gasteiger partial charge in [0.1, 0.15) is 6.04 Å². The molecular formula is C17H23N3O3. The van der Waals surface area contributed by atoms with Gasteiger partial charge in [-0.05, 0) is 24.5 Å². The minimum atomic E-state index is -0.478. The fourth-order valence-corrected chi connectivity index (χ4v) is 3.12. The Balaban J connectivity index is 1.65. The first-order chi connectivity index (χ1) is 11.2. The molecule has 1 saturated heterocycles. The third-order valence-corrected chi connectivity index (χ3v) is 4.46. The Morgan fingerprint density at radius 3 is 2.70 bits per heavy atom. The second kappa shape index (κ2) is 7.00. The maximum atomic E-state index is 12.6. The molecule has 2 aliphatic heterocycles. The molecule has 1 N–H and O–H groups in total. The molecule has 1 aromatic rings. The normalized spacial score (nSPS) is 18.5. The molecule has 1 unspecified atom stereocenters. The third-order valence-electron chi connectivity index (χ3n) is 4.46. The van der Waals surface area contributed by atoms with Crippen LogP contribution in [-0.2, 0) is 16.0 Å². The predicted octanol–water partition coefficient (Wildman–Crippen LogP) is 1.40. The van der Waals surface area contributed by atoms with Crippen LogP contribution in [0.3, 0.4) is 0 Å². The molecule has 1 fully saturated rings. The van der Waals surface area contributed by atoms with Gasteiger partial charge in [0.05, 0.1) is 13.2 Å². The lowest BCUT2D eigenvalue weighted by Gasteiger charge is -2.31. The van der Waals surface area contributed by atoms with Crippen molar-refractivity contribution in [1.82, 2.24) is 10.2 Å². The van der Waals surface area contributed by atoms with Crippen LogP contribution in [0.15, 0.2) is 24.3 Å². The third kappa shape index (κ3) is 3.32. The zero-order chi connectivity index (χ0) is 16.2. The molecule has 23 heavy (non-hydrogen) atoms. The molecule has 3 amide bonds. The van der Waals surface area contributed by atoms with Crippen LogP contribution in [-0.4, -0.2) is 55.7 Å². The van der Waals surface area contributed by atoms with Crippen LogP contribution in [0.5, 0.6) is 0 Å². The maximum absolute atomic E-state index is 12.6. The molecule has 0 aliphatic carbocycles. The van der Waals surface area contributed by atoms with Crippen molar-refractivity contribution in [3.05, 3.63) is 29.8 Å². The first-order valence-corrected chi connectivity index (χ1v) is 8.23. The number of fused-ring (bicyclic) bond motifs is 1. The number of carbonyl (C=O) groups is 2. The van der Waals surface area contributed by atoms with Crippen molar-refractivity contribution >= 4 is 17.6 Å². The molecule has 3 rings (SSSR count). The fraction of sp³-hybridized carbons (Fsp3) is 0.529. The van der Waals surface area contributed by atoms with E-state index >= 15 is 0 Å². The van der Waals surface area contributed by atoms with Gasteiger partial charge < -0.3 is 15.0 Å². The van der Waals surface area contributed by atoms with Crippen LogP contribution in [0.25, 0.3) is 0 Å². The Morgan fingerprint density at radius 2 is 1.96 bits per heavy atom. The molecule has 6 heteroatoms. The summed E-state index contributed by atoms with van der Waals surface area (Å²) in [5, 5.41) is 2.90. The van der Waals surface area contributed by atoms with Crippen molar-refractivity contribution in [3.8, 4) is 0 Å². The first-order valence-electron chi connectivity index (χ1n) is 8.23. The summed E-state index contributed by atoms with van der Waals surface area (Å²) >= 11 is 0. The highest BCUT2D eigenvalue weighted by atomic mass is 16.5. The Bertz CT molecular complexity index is 584. The second-order valence-corrected chi connectivity index (χ2v) is 5.88. The van der Waals surface area contributed by atoms with Gasteiger partial charge in [0.2, 0.25) is 5.91 Å². The minimum absolute atomic E-state index is 0.0170. The quantitative estimate of drug-likeness (QED) is 0.916. The number of ether oxygens (including phenoxy) is 1. The van der Waals surface area contributed by atoms with Crippen molar-refractivity contribution in [2.24, 2.45) is 0 Å². The van der Waals surface area contributed by atoms with Crippen LogP contribution < -0.4 is 10.2 Å². The summed E-state index contributed by atoms with van der Waals surface area (Å²) in [6, 6.07) is 7.24. The number of para-hydroxylation sites is 1. The number of rotatable bonds is 3. The molecule has 1 atom stereocenters. The number of carbonyl (C=O) groups excluding carboxylic acids is 2. The molecule has 6 nitrogen and oxygen atoms in total. The lowest BCUT2D eigenvalue weighted by Crippen LogP contribution is -2.54. The fourth-order valence-electron chi connectivity index (χ4n) is 3.12. The Hall–Kier alpha value is -2.08. The van der Waals surface area contributed by atoms with Crippen LogP contribution in [0.1, 0.15) is 18.9 Å². The average Bonchev–Trinajstić information content (AvgIpc) is 3.04. The van der Waals surface area contributed by atoms with Gasteiger partial charge in [0.15, 0.2) is 0 Å². The number of benzene rings is 1. The number of nitrogens with one attached hydrogen (secondary N) is 1. The van der Waals surface area contributed by atoms with Crippen LogP contribution >= 0.6 is 0 Å². The van der Waals surface area contributed by atoms with Crippen LogP contribution in [0, 0.1) is 0 Å². The lowest BCUT2D eigenvalue weighted by atomic mass is 10.2. The summed E-state index contributed by atoms with van der Waals surface area (Å²) in [7, 11) is 0. The minimum Gasteiger partial charge on any atom is -0.378 e. The number of morpholine rings is 1. The molecule has 2 aliphatic rings. The highest BCUT2D eigenvalue weighted by Gasteiger charge is 2.30. The summed E-state index contributed by atoms with van der Waals surface area (Å²) in [6.07, 6.45) is 1.44. The van der Waals surface area contributed by atoms with Crippen molar-refractivity contribution < 1.29 is 14.3 Å². The number of nitrogens with zero attached hydrogens (tertiary/aromatic N) is 2. The van der Waals surface area contributed by atoms with E-state index in [0.717, 1.165) is 12.1 Å². The van der Waals surface area contributed by atoms with Gasteiger partial charge in [-0.3, -0.25) is 9.69 Å². The highest BCUT2D eigenvalue weighted by Crippen LogP contribution is 2.27. The van der Waals surface area contributed by atoms with E-state index in [1.165, 1.54) is 5.56 Å². The Kier molecular flexibility index (Phi) is 4.81. The monoisotopic (exact) mass is 317 g/mol. The summed E-state index contributed by atoms with van der Waals surface area (Å²) in [6.45, 7) is 4.90. The van der Waals surface area contributed by atoms with Crippen molar-refractivity contribution in [2.75, 3.05) is 37.7 Å². The van der Waals surface area contributed by atoms with Gasteiger partial charge in [-0.2, -0.15) is 0 Å². The summed E-state index contributed by atoms with van der Waals surface area (Å²) in [5.41, 5.74) is 2.12. The van der Waals surface area contributed by atoms with Gasteiger partial charge in [-0.1, -0.05) is 25.1 Å². The van der Waals surface area contributed by atoms with Gasteiger partial charge in [0, 0.05) is 25.3 Å². The largest absolute Gasteiger partial charge is 0.378 e. The topological polar surface area (TPSA) is 61.9 Å². The number of hydrogen-bond donors (Lipinski definition) is 1. The molecule has 0 aromatic heterocycles. The number of amides is 3. The number of urea groups is 1. The standard InChI is InChI=1S/C17H23N3O3/c1-2-14(16(21)19-9-11-23-12-10-19)18-17(22)20-8-7-13-5-3-4-6-15(13)20/h3-6,14H,2,7-12H2,1H3,(H,18,22). The second-order valence-electron chi connectivity index (χ2n) is 5.88. The molecule has 2 heterocycles. The molecule has 124 valence electrons. The van der Waals surface area contributed by atoms with E-state index in [1.807, 2.05) is 31.2 Å². The van der Waals surface area contributed by atoms with E-state index in [-0.39, 0.29) is 11.9 Å². The van der Waals surface area contributed by atoms with E-state index in [9.17, 15) is 9.59 Å². The molecular weight excluding hydrogens is 294 g/mol. The zero-order valence-corrected chi connectivity index (χ0v) is 13.5. The van der Waals surface area contributed by atoms with E-state index in [1.54, 1.807) is 9.80 Å². The van der Waals surface area contributed by atoms with E-state index in [4.69, 9.17) is 4.74 Å². The average molecular weight is 317 g/mol. The lowest BCUT2D eigenvalue weighted by molar-refractivity contribution is -0.137. The van der Waals surface area contributed by atoms with Gasteiger partial charge in [0.25, 0.3) is 0 Å². The van der Waals surface area contributed by atoms with E-state index in [2.05, 4.69) is 5.32 Å². The van der Waals surface area contributed by atoms with Crippen molar-refractivity contribution in [3.63, 3.8) is 0 Å². The summed E-state index contributed by atoms with van der Waals surface area (Å²) in [4.78, 5) is 28.6. The van der Waals surface area contributed by atoms with Gasteiger partial charge in [-0.15, -0.1) is 0 Å². The van der Waals surface area contributed by atoms with Crippen molar-refractivity contribution in [1.29, 1.82) is 0 Å². The highest BCUT2D eigenvalue weighted by molar-refractivity contribution is 5.97. The SMILES string of the molecule is CCC(NC(=O)N1CCc2ccccc21)C(=O)N1CCOCC1. The van der Waals surface area contributed by atoms with Crippen LogP contribution in [0.4, 0.5) is 10.5 Å².